The van der Waals surface area contributed by atoms with Crippen molar-refractivity contribution >= 4 is 29.4 Å². The second-order valence-electron chi connectivity index (χ2n) is 26.2. The third kappa shape index (κ3) is 15.1. The second kappa shape index (κ2) is 31.9. The van der Waals surface area contributed by atoms with Crippen molar-refractivity contribution in [3.63, 3.8) is 0 Å². The number of rotatable bonds is 15. The molecule has 15 rings (SSSR count). The predicted molar refractivity (Wildman–Crippen MR) is 389 cm³/mol. The molecule has 4 atom stereocenters. The number of hydrogen-bond acceptors (Lipinski definition) is 18. The summed E-state index contributed by atoms with van der Waals surface area (Å²) in [6, 6.07) is 39.2. The number of carbonyl (C=O) groups is 4. The van der Waals surface area contributed by atoms with Gasteiger partial charge in [-0.25, -0.2) is 4.98 Å². The van der Waals surface area contributed by atoms with E-state index in [0.717, 1.165) is 165 Å². The maximum atomic E-state index is 13.1. The van der Waals surface area contributed by atoms with Crippen molar-refractivity contribution in [1.82, 2.24) is 24.8 Å². The van der Waals surface area contributed by atoms with Crippen LogP contribution in [0.3, 0.4) is 0 Å². The molecule has 2 aliphatic heterocycles. The smallest absolute Gasteiger partial charge is 0.262 e. The molecule has 5 aromatic carbocycles. The Morgan fingerprint density at radius 2 is 0.833 bits per heavy atom. The third-order valence-electron chi connectivity index (χ3n) is 19.9. The Labute approximate surface area is 595 Å². The van der Waals surface area contributed by atoms with Gasteiger partial charge in [0.1, 0.15) is 40.3 Å². The first-order valence-corrected chi connectivity index (χ1v) is 34.5. The summed E-state index contributed by atoms with van der Waals surface area (Å²) < 4.78 is 32.6. The summed E-state index contributed by atoms with van der Waals surface area (Å²) >= 11 is 0. The van der Waals surface area contributed by atoms with Crippen LogP contribution >= 0.6 is 0 Å². The average Bonchev–Trinajstić information content (AvgIpc) is 1.59. The summed E-state index contributed by atoms with van der Waals surface area (Å²) in [5, 5.41) is 11.7. The van der Waals surface area contributed by atoms with Crippen LogP contribution in [0.5, 0.6) is 34.5 Å². The Kier molecular flexibility index (Phi) is 22.6. The van der Waals surface area contributed by atoms with E-state index < -0.39 is 0 Å². The number of nitrogens with two attached hydrogens (primary N) is 4. The molecule has 4 unspecified atom stereocenters. The Morgan fingerprint density at radius 1 is 0.451 bits per heavy atom. The molecule has 0 saturated heterocycles. The van der Waals surface area contributed by atoms with E-state index in [1.54, 1.807) is 110 Å². The van der Waals surface area contributed by atoms with Gasteiger partial charge >= 0.3 is 0 Å². The molecule has 6 aliphatic rings. The van der Waals surface area contributed by atoms with Crippen LogP contribution in [-0.4, -0.2) is 91.0 Å². The molecule has 4 aromatic heterocycles. The Balaban J connectivity index is 0.000000135. The van der Waals surface area contributed by atoms with Gasteiger partial charge in [-0.2, -0.15) is 4.73 Å². The summed E-state index contributed by atoms with van der Waals surface area (Å²) in [5.74, 6) is 4.57. The standard InChI is InChI=1S/C27H26N2O4.C19H24N2O2.C17H14N2O3.C9H13N3.C9H13NO2/c1-16-14-22-19(23(28-16)12-9-17-8-10-18(32-2)15-25(17)33-3)11-13-24(22)29-26(30)20-6-4-5-7-21(20)27(29)31;1-12-10-16-15(7-8-17(16)20)18(21-12)9-5-13-4-6-14(22-2)11-19(13)23-3;1-10-8-14-11(9-18(10)22)6-7-15(14)19-16(20)12-4-2-3-5-13(12)17(19)21;1-5-4-7-6(9(11)12-5)2-3-8(7)10;1-11-8-4-3-7(6-10)9(5-8)12-2/h4-8,10,14-15,24H,9,11-13H2,1-3H3;4,6,10-11,17H,5,7-9,20H2,1-3H3;2-5,8-9,15H,6-7H2,1H3;4,8H,2-3,10H2,1H3,(H2,11,12);3-5H,6,10H2,1-2H3. The van der Waals surface area contributed by atoms with Gasteiger partial charge in [0.25, 0.3) is 23.6 Å². The fourth-order valence-electron chi connectivity index (χ4n) is 14.7. The molecule has 4 amide bonds. The highest BCUT2D eigenvalue weighted by Gasteiger charge is 2.45. The van der Waals surface area contributed by atoms with Crippen LogP contribution in [-0.2, 0) is 57.9 Å². The Bertz CT molecular complexity index is 4580. The highest BCUT2D eigenvalue weighted by Crippen LogP contribution is 2.44. The number of ether oxygens (including phenoxy) is 6. The number of imide groups is 2. The number of amides is 4. The first-order chi connectivity index (χ1) is 49.2. The molecule has 21 nitrogen and oxygen atoms in total. The predicted octanol–water partition coefficient (Wildman–Crippen LogP) is 11.6. The van der Waals surface area contributed by atoms with E-state index in [9.17, 15) is 24.4 Å². The van der Waals surface area contributed by atoms with Crippen molar-refractivity contribution in [2.45, 2.75) is 135 Å². The van der Waals surface area contributed by atoms with Crippen molar-refractivity contribution in [1.29, 1.82) is 0 Å². The van der Waals surface area contributed by atoms with E-state index in [2.05, 4.69) is 17.1 Å². The summed E-state index contributed by atoms with van der Waals surface area (Å²) in [5.41, 5.74) is 43.3. The normalized spacial score (nSPS) is 16.9. The van der Waals surface area contributed by atoms with Crippen LogP contribution in [0.15, 0.2) is 134 Å². The summed E-state index contributed by atoms with van der Waals surface area (Å²) in [4.78, 5) is 67.9. The number of aryl methyl sites for hydroxylation is 9. The zero-order valence-corrected chi connectivity index (χ0v) is 59.7. The lowest BCUT2D eigenvalue weighted by molar-refractivity contribution is -0.612. The number of fused-ring (bicyclic) bond motifs is 6. The molecule has 21 heteroatoms. The summed E-state index contributed by atoms with van der Waals surface area (Å²) in [6.45, 7) is 8.16. The second-order valence-corrected chi connectivity index (χ2v) is 26.2. The third-order valence-corrected chi connectivity index (χ3v) is 19.9. The van der Waals surface area contributed by atoms with Gasteiger partial charge in [-0.1, -0.05) is 42.5 Å². The molecular formula is C81H90N10O11. The lowest BCUT2D eigenvalue weighted by Gasteiger charge is -2.23. The number of aromatic nitrogens is 4. The molecule has 9 aromatic rings. The quantitative estimate of drug-likeness (QED) is 0.0421. The van der Waals surface area contributed by atoms with Gasteiger partial charge < -0.3 is 56.6 Å². The van der Waals surface area contributed by atoms with Crippen LogP contribution < -0.4 is 56.1 Å². The monoisotopic (exact) mass is 1380 g/mol. The van der Waals surface area contributed by atoms with Gasteiger partial charge in [0, 0.05) is 89.4 Å². The van der Waals surface area contributed by atoms with Crippen molar-refractivity contribution in [3.05, 3.63) is 256 Å². The summed E-state index contributed by atoms with van der Waals surface area (Å²) in [6.07, 6.45) is 11.8. The minimum absolute atomic E-state index is 0.168. The topological polar surface area (TPSA) is 300 Å². The fraction of sp³-hybridized carbons (Fsp3) is 0.333. The molecule has 530 valence electrons. The van der Waals surface area contributed by atoms with Crippen LogP contribution in [0.1, 0.15) is 187 Å². The molecule has 4 aliphatic carbocycles. The maximum absolute atomic E-state index is 13.1. The van der Waals surface area contributed by atoms with Gasteiger partial charge in [-0.05, 0) is 209 Å². The molecule has 0 fully saturated rings. The largest absolute Gasteiger partial charge is 0.619 e. The Hall–Kier alpha value is -10.7. The van der Waals surface area contributed by atoms with E-state index in [0.29, 0.717) is 53.2 Å². The van der Waals surface area contributed by atoms with E-state index in [1.807, 2.05) is 81.4 Å². The minimum atomic E-state index is -0.276. The van der Waals surface area contributed by atoms with E-state index in [-0.39, 0.29) is 47.8 Å². The van der Waals surface area contributed by atoms with Crippen molar-refractivity contribution in [2.24, 2.45) is 17.2 Å². The molecule has 0 saturated carbocycles. The van der Waals surface area contributed by atoms with Crippen LogP contribution in [0.4, 0.5) is 5.82 Å². The first-order valence-electron chi connectivity index (χ1n) is 34.5. The lowest BCUT2D eigenvalue weighted by Crippen LogP contribution is -2.34. The van der Waals surface area contributed by atoms with Crippen molar-refractivity contribution in [3.8, 4) is 34.5 Å². The molecule has 0 spiro atoms. The van der Waals surface area contributed by atoms with Crippen LogP contribution in [0.2, 0.25) is 0 Å². The Morgan fingerprint density at radius 3 is 1.28 bits per heavy atom. The van der Waals surface area contributed by atoms with Gasteiger partial charge in [0.15, 0.2) is 11.9 Å². The first kappa shape index (κ1) is 72.5. The molecule has 8 N–H and O–H groups in total. The number of benzene rings is 5. The number of carbonyl (C=O) groups excluding carboxylic acids is 4. The number of nitrogen functional groups attached to an aromatic ring is 1. The van der Waals surface area contributed by atoms with E-state index in [1.165, 1.54) is 37.7 Å². The summed E-state index contributed by atoms with van der Waals surface area (Å²) in [7, 11) is 9.90. The zero-order chi connectivity index (χ0) is 72.6. The zero-order valence-electron chi connectivity index (χ0n) is 59.7. The van der Waals surface area contributed by atoms with Crippen LogP contribution in [0.25, 0.3) is 0 Å². The van der Waals surface area contributed by atoms with E-state index in [4.69, 9.17) is 61.3 Å². The minimum Gasteiger partial charge on any atom is -0.619 e. The number of nitrogens with zero attached hydrogens (tertiary/aromatic N) is 6. The number of anilines is 1. The molecular weight excluding hydrogens is 1290 g/mol. The van der Waals surface area contributed by atoms with Crippen LogP contribution in [0, 0.1) is 32.9 Å². The fourth-order valence-corrected chi connectivity index (χ4v) is 14.7. The molecule has 6 heterocycles. The van der Waals surface area contributed by atoms with E-state index >= 15 is 0 Å². The molecule has 0 radical (unpaired) electrons. The molecule has 0 bridgehead atoms. The van der Waals surface area contributed by atoms with Gasteiger partial charge in [0.05, 0.1) is 77.0 Å². The van der Waals surface area contributed by atoms with Gasteiger partial charge in [-0.3, -0.25) is 38.9 Å². The number of methoxy groups -OCH3 is 6. The highest BCUT2D eigenvalue weighted by molar-refractivity contribution is 6.22. The molecule has 102 heavy (non-hydrogen) atoms. The number of hydrogen-bond donors (Lipinski definition) is 4. The van der Waals surface area contributed by atoms with Crippen molar-refractivity contribution < 1.29 is 52.3 Å². The SMILES string of the molecule is COc1ccc(CCc2nc(C)cc3c2CCC3N)c(OC)c1.COc1ccc(CCc2nc(C)cc3c2CCC3N2C(=O)c3ccccc3C2=O)c(OC)c1.COc1ccc(CN)c(OC)c1.Cc1cc2c(c(N)n1)CCC2N.Cc1cc2c(c[n+]1[O-])CCC2N1C(=O)c2ccccc2C1=O. The van der Waals surface area contributed by atoms with Gasteiger partial charge in [0.2, 0.25) is 0 Å². The number of pyridine rings is 4. The highest BCUT2D eigenvalue weighted by atomic mass is 16.5. The lowest BCUT2D eigenvalue weighted by atomic mass is 10.00. The average molecular weight is 1380 g/mol. The van der Waals surface area contributed by atoms with Gasteiger partial charge in [-0.15, -0.1) is 0 Å². The maximum Gasteiger partial charge on any atom is 0.262 e. The van der Waals surface area contributed by atoms with Crippen molar-refractivity contribution in [2.75, 3.05) is 48.4 Å².